The number of carbonyl (C=O) groups is 1. The van der Waals surface area contributed by atoms with E-state index in [0.29, 0.717) is 19.4 Å². The molecule has 1 atom stereocenters. The highest BCUT2D eigenvalue weighted by Gasteiger charge is 2.15. The molecule has 6 N–H and O–H groups in total. The fourth-order valence-corrected chi connectivity index (χ4v) is 0.637. The topological polar surface area (TPSA) is 111 Å². The van der Waals surface area contributed by atoms with E-state index in [2.05, 4.69) is 16.3 Å². The maximum Gasteiger partial charge on any atom is 0.323 e. The summed E-state index contributed by atoms with van der Waals surface area (Å²) in [6.45, 7) is 0.454. The van der Waals surface area contributed by atoms with Gasteiger partial charge in [0, 0.05) is 0 Å². The van der Waals surface area contributed by atoms with Gasteiger partial charge in [-0.3, -0.25) is 4.79 Å². The first-order valence-corrected chi connectivity index (χ1v) is 3.26. The zero-order valence-corrected chi connectivity index (χ0v) is 6.12. The van der Waals surface area contributed by atoms with Crippen LogP contribution in [-0.2, 0) is 9.73 Å². The second kappa shape index (κ2) is 6.05. The molecular weight excluding hydrogens is 150 g/mol. The molecule has 0 aliphatic rings. The van der Waals surface area contributed by atoms with Gasteiger partial charge in [-0.25, -0.2) is 4.94 Å². The van der Waals surface area contributed by atoms with Gasteiger partial charge < -0.3 is 10.8 Å². The van der Waals surface area contributed by atoms with Crippen molar-refractivity contribution >= 4 is 5.97 Å². The van der Waals surface area contributed by atoms with Gasteiger partial charge in [0.05, 0.1) is 0 Å². The third kappa shape index (κ3) is 4.68. The standard InChI is InChI=1S/C5H13N3O3/c6-3-1-2-4(5(9)10)8-11-7/h4,8H,1-3,6-7H2,(H,9,10)/t4-/m0/s1. The molecule has 0 saturated heterocycles. The summed E-state index contributed by atoms with van der Waals surface area (Å²) in [5.41, 5.74) is 7.32. The molecule has 0 bridgehead atoms. The van der Waals surface area contributed by atoms with E-state index in [1.165, 1.54) is 0 Å². The van der Waals surface area contributed by atoms with Crippen molar-refractivity contribution in [3.05, 3.63) is 0 Å². The molecule has 11 heavy (non-hydrogen) atoms. The molecule has 0 aromatic carbocycles. The van der Waals surface area contributed by atoms with E-state index < -0.39 is 12.0 Å². The fraction of sp³-hybridized carbons (Fsp3) is 0.800. The van der Waals surface area contributed by atoms with Crippen molar-refractivity contribution in [2.75, 3.05) is 6.54 Å². The molecule has 0 fully saturated rings. The first kappa shape index (κ1) is 10.3. The highest BCUT2D eigenvalue weighted by molar-refractivity contribution is 5.73. The zero-order valence-electron chi connectivity index (χ0n) is 6.12. The van der Waals surface area contributed by atoms with E-state index in [4.69, 9.17) is 10.8 Å². The Bertz CT molecular complexity index is 120. The summed E-state index contributed by atoms with van der Waals surface area (Å²) < 4.78 is 0. The van der Waals surface area contributed by atoms with Crippen LogP contribution in [-0.4, -0.2) is 23.7 Å². The van der Waals surface area contributed by atoms with E-state index in [1.807, 2.05) is 0 Å². The van der Waals surface area contributed by atoms with Crippen LogP contribution in [0.2, 0.25) is 0 Å². The molecule has 0 amide bonds. The molecule has 0 saturated carbocycles. The quantitative estimate of drug-likeness (QED) is 0.357. The molecule has 0 heterocycles. The number of rotatable bonds is 6. The van der Waals surface area contributed by atoms with Crippen molar-refractivity contribution in [2.24, 2.45) is 11.6 Å². The Balaban J connectivity index is 3.60. The third-order valence-corrected chi connectivity index (χ3v) is 1.21. The summed E-state index contributed by atoms with van der Waals surface area (Å²) in [5, 5.41) is 8.49. The second-order valence-electron chi connectivity index (χ2n) is 2.06. The van der Waals surface area contributed by atoms with Crippen LogP contribution in [0.3, 0.4) is 0 Å². The lowest BCUT2D eigenvalue weighted by atomic mass is 10.2. The molecule has 0 aliphatic heterocycles. The molecule has 0 unspecified atom stereocenters. The molecular formula is C5H13N3O3. The Morgan fingerprint density at radius 1 is 1.73 bits per heavy atom. The average Bonchev–Trinajstić information content (AvgIpc) is 1.97. The molecule has 6 nitrogen and oxygen atoms in total. The summed E-state index contributed by atoms with van der Waals surface area (Å²) >= 11 is 0. The van der Waals surface area contributed by atoms with Crippen molar-refractivity contribution in [1.29, 1.82) is 0 Å². The maximum atomic E-state index is 10.4. The predicted octanol–water partition coefficient (Wildman–Crippen LogP) is -1.43. The largest absolute Gasteiger partial charge is 0.480 e. The Labute approximate surface area is 64.4 Å². The summed E-state index contributed by atoms with van der Waals surface area (Å²) in [5.74, 6) is 3.64. The Kier molecular flexibility index (Phi) is 5.67. The Morgan fingerprint density at radius 3 is 2.73 bits per heavy atom. The number of hydrogen-bond donors (Lipinski definition) is 4. The maximum absolute atomic E-state index is 10.4. The smallest absolute Gasteiger partial charge is 0.323 e. The minimum atomic E-state index is -0.996. The highest BCUT2D eigenvalue weighted by atomic mass is 16.8. The first-order chi connectivity index (χ1) is 5.22. The van der Waals surface area contributed by atoms with E-state index in [0.717, 1.165) is 0 Å². The molecule has 0 aromatic rings. The first-order valence-electron chi connectivity index (χ1n) is 3.26. The number of nitrogens with two attached hydrogens (primary N) is 2. The number of carboxylic acids is 1. The van der Waals surface area contributed by atoms with Crippen molar-refractivity contribution in [3.8, 4) is 0 Å². The van der Waals surface area contributed by atoms with Crippen LogP contribution < -0.4 is 17.1 Å². The number of nitrogens with one attached hydrogen (secondary N) is 1. The lowest BCUT2D eigenvalue weighted by Gasteiger charge is -2.10. The van der Waals surface area contributed by atoms with Gasteiger partial charge >= 0.3 is 5.97 Å². The SMILES string of the molecule is NCCC[C@H](NON)C(=O)O. The van der Waals surface area contributed by atoms with E-state index in [-0.39, 0.29) is 0 Å². The predicted molar refractivity (Wildman–Crippen MR) is 38.1 cm³/mol. The summed E-state index contributed by atoms with van der Waals surface area (Å²) in [6, 6.07) is -0.774. The molecule has 0 radical (unpaired) electrons. The molecule has 0 spiro atoms. The molecule has 0 aliphatic carbocycles. The summed E-state index contributed by atoms with van der Waals surface area (Å²) in [7, 11) is 0. The minimum absolute atomic E-state index is 0.406. The number of hydrogen-bond acceptors (Lipinski definition) is 5. The van der Waals surface area contributed by atoms with Crippen LogP contribution in [0, 0.1) is 0 Å². The van der Waals surface area contributed by atoms with Crippen molar-refractivity contribution in [2.45, 2.75) is 18.9 Å². The van der Waals surface area contributed by atoms with Gasteiger partial charge in [0.2, 0.25) is 0 Å². The Hall–Kier alpha value is -0.690. The zero-order chi connectivity index (χ0) is 8.69. The minimum Gasteiger partial charge on any atom is -0.480 e. The highest BCUT2D eigenvalue weighted by Crippen LogP contribution is 1.95. The van der Waals surface area contributed by atoms with Gasteiger partial charge in [-0.15, -0.1) is 0 Å². The van der Waals surface area contributed by atoms with E-state index in [1.54, 1.807) is 0 Å². The van der Waals surface area contributed by atoms with Gasteiger partial charge in [-0.05, 0) is 19.4 Å². The van der Waals surface area contributed by atoms with Crippen LogP contribution in [0.1, 0.15) is 12.8 Å². The van der Waals surface area contributed by atoms with Crippen LogP contribution in [0.4, 0.5) is 0 Å². The van der Waals surface area contributed by atoms with Crippen LogP contribution in [0.25, 0.3) is 0 Å². The number of aliphatic carboxylic acids is 1. The number of carboxylic acid groups (broad SMARTS) is 1. The van der Waals surface area contributed by atoms with Gasteiger partial charge in [0.1, 0.15) is 6.04 Å². The van der Waals surface area contributed by atoms with Gasteiger partial charge in [-0.2, -0.15) is 11.4 Å². The average molecular weight is 163 g/mol. The van der Waals surface area contributed by atoms with Crippen LogP contribution >= 0.6 is 0 Å². The third-order valence-electron chi connectivity index (χ3n) is 1.21. The normalized spacial score (nSPS) is 12.9. The van der Waals surface area contributed by atoms with Gasteiger partial charge in [0.25, 0.3) is 0 Å². The summed E-state index contributed by atoms with van der Waals surface area (Å²) in [4.78, 5) is 14.3. The van der Waals surface area contributed by atoms with E-state index >= 15 is 0 Å². The lowest BCUT2D eigenvalue weighted by molar-refractivity contribution is -0.144. The molecule has 0 rings (SSSR count). The monoisotopic (exact) mass is 163 g/mol. The molecule has 0 aromatic heterocycles. The molecule has 66 valence electrons. The van der Waals surface area contributed by atoms with Gasteiger partial charge in [-0.1, -0.05) is 0 Å². The van der Waals surface area contributed by atoms with E-state index in [9.17, 15) is 4.79 Å². The van der Waals surface area contributed by atoms with Crippen molar-refractivity contribution in [3.63, 3.8) is 0 Å². The number of hydroxylamine groups is 1. The van der Waals surface area contributed by atoms with Crippen molar-refractivity contribution < 1.29 is 14.8 Å². The Morgan fingerprint density at radius 2 is 2.36 bits per heavy atom. The van der Waals surface area contributed by atoms with Crippen LogP contribution in [0.5, 0.6) is 0 Å². The molecule has 6 heteroatoms. The summed E-state index contributed by atoms with van der Waals surface area (Å²) in [6.07, 6.45) is 1.02. The van der Waals surface area contributed by atoms with Crippen LogP contribution in [0.15, 0.2) is 0 Å². The fourth-order valence-electron chi connectivity index (χ4n) is 0.637. The van der Waals surface area contributed by atoms with Crippen molar-refractivity contribution in [1.82, 2.24) is 5.48 Å². The second-order valence-corrected chi connectivity index (χ2v) is 2.06. The lowest BCUT2D eigenvalue weighted by Crippen LogP contribution is -2.38. The van der Waals surface area contributed by atoms with Gasteiger partial charge in [0.15, 0.2) is 0 Å².